The normalized spacial score (nSPS) is 19.6. The van der Waals surface area contributed by atoms with Crippen LogP contribution < -0.4 is 15.5 Å². The summed E-state index contributed by atoms with van der Waals surface area (Å²) in [6, 6.07) is 9.65. The Kier molecular flexibility index (Phi) is 5.13. The van der Waals surface area contributed by atoms with E-state index in [1.165, 1.54) is 0 Å². The molecule has 2 aromatic rings. The summed E-state index contributed by atoms with van der Waals surface area (Å²) < 4.78 is 5.48. The molecule has 2 heterocycles. The molecular formula is C19H22ClN5O2. The van der Waals surface area contributed by atoms with Gasteiger partial charge >= 0.3 is 6.03 Å². The zero-order valence-electron chi connectivity index (χ0n) is 15.1. The zero-order chi connectivity index (χ0) is 18.8. The number of ether oxygens (including phenoxy) is 1. The molecule has 0 bridgehead atoms. The number of amides is 2. The topological polar surface area (TPSA) is 79.4 Å². The van der Waals surface area contributed by atoms with E-state index in [1.54, 1.807) is 6.07 Å². The first kappa shape index (κ1) is 18.0. The highest BCUT2D eigenvalue weighted by molar-refractivity contribution is 6.29. The van der Waals surface area contributed by atoms with Gasteiger partial charge in [0.25, 0.3) is 0 Å². The van der Waals surface area contributed by atoms with E-state index >= 15 is 0 Å². The van der Waals surface area contributed by atoms with Crippen LogP contribution in [-0.4, -0.2) is 47.8 Å². The van der Waals surface area contributed by atoms with Gasteiger partial charge in [-0.05, 0) is 31.9 Å². The fourth-order valence-corrected chi connectivity index (χ4v) is 3.19. The monoisotopic (exact) mass is 387 g/mol. The Bertz CT molecular complexity index is 825. The van der Waals surface area contributed by atoms with Crippen molar-refractivity contribution in [2.24, 2.45) is 0 Å². The van der Waals surface area contributed by atoms with Gasteiger partial charge in [0, 0.05) is 29.9 Å². The highest BCUT2D eigenvalue weighted by Gasteiger charge is 2.23. The fourth-order valence-electron chi connectivity index (χ4n) is 3.01. The van der Waals surface area contributed by atoms with Crippen molar-refractivity contribution in [3.8, 4) is 11.3 Å². The largest absolute Gasteiger partial charge is 0.377 e. The summed E-state index contributed by atoms with van der Waals surface area (Å²) in [5.74, 6) is 0.610. The fraction of sp³-hybridized carbons (Fsp3) is 0.421. The number of carbonyl (C=O) groups excluding carboxylic acids is 1. The van der Waals surface area contributed by atoms with Crippen LogP contribution in [0.25, 0.3) is 11.3 Å². The molecule has 1 aromatic carbocycles. The molecule has 1 saturated heterocycles. The number of hydrogen-bond donors (Lipinski definition) is 2. The summed E-state index contributed by atoms with van der Waals surface area (Å²) in [7, 11) is 0. The Hall–Kier alpha value is -2.38. The maximum Gasteiger partial charge on any atom is 0.319 e. The van der Waals surface area contributed by atoms with Crippen molar-refractivity contribution in [3.05, 3.63) is 35.5 Å². The average Bonchev–Trinajstić information content (AvgIpc) is 3.46. The lowest BCUT2D eigenvalue weighted by molar-refractivity contribution is 0.0981. The van der Waals surface area contributed by atoms with Crippen LogP contribution in [0, 0.1) is 0 Å². The Labute approximate surface area is 163 Å². The van der Waals surface area contributed by atoms with Crippen LogP contribution in [-0.2, 0) is 4.74 Å². The Morgan fingerprint density at radius 2 is 2.04 bits per heavy atom. The van der Waals surface area contributed by atoms with E-state index in [0.717, 1.165) is 36.3 Å². The average molecular weight is 388 g/mol. The molecule has 2 fully saturated rings. The molecule has 1 aliphatic carbocycles. The number of anilines is 2. The lowest BCUT2D eigenvalue weighted by Gasteiger charge is -2.33. The molecule has 0 radical (unpaired) electrons. The Balaban J connectivity index is 1.51. The van der Waals surface area contributed by atoms with Crippen molar-refractivity contribution in [1.82, 2.24) is 15.3 Å². The van der Waals surface area contributed by atoms with Crippen LogP contribution in [0.4, 0.5) is 16.4 Å². The van der Waals surface area contributed by atoms with Gasteiger partial charge in [-0.15, -0.1) is 0 Å². The van der Waals surface area contributed by atoms with Crippen molar-refractivity contribution >= 4 is 29.3 Å². The molecule has 4 rings (SSSR count). The smallest absolute Gasteiger partial charge is 0.319 e. The van der Waals surface area contributed by atoms with Gasteiger partial charge in [0.1, 0.15) is 5.15 Å². The Morgan fingerprint density at radius 1 is 1.26 bits per heavy atom. The van der Waals surface area contributed by atoms with Crippen LogP contribution in [0.5, 0.6) is 0 Å². The third kappa shape index (κ3) is 4.48. The minimum atomic E-state index is -0.168. The summed E-state index contributed by atoms with van der Waals surface area (Å²) in [6.07, 6.45) is 2.12. The van der Waals surface area contributed by atoms with Gasteiger partial charge in [-0.3, -0.25) is 0 Å². The third-order valence-electron chi connectivity index (χ3n) is 4.66. The number of nitrogens with one attached hydrogen (secondary N) is 2. The maximum absolute atomic E-state index is 11.8. The van der Waals surface area contributed by atoms with Crippen molar-refractivity contribution in [2.45, 2.75) is 31.8 Å². The minimum Gasteiger partial charge on any atom is -0.377 e. The summed E-state index contributed by atoms with van der Waals surface area (Å²) in [6.45, 7) is 4.11. The second kappa shape index (κ2) is 7.70. The molecule has 2 amide bonds. The molecule has 1 atom stereocenters. The first-order valence-corrected chi connectivity index (χ1v) is 9.53. The van der Waals surface area contributed by atoms with Crippen molar-refractivity contribution in [1.29, 1.82) is 0 Å². The van der Waals surface area contributed by atoms with Gasteiger partial charge in [-0.1, -0.05) is 23.7 Å². The van der Waals surface area contributed by atoms with Gasteiger partial charge in [0.15, 0.2) is 0 Å². The van der Waals surface area contributed by atoms with E-state index in [1.807, 2.05) is 24.3 Å². The Morgan fingerprint density at radius 3 is 2.74 bits per heavy atom. The zero-order valence-corrected chi connectivity index (χ0v) is 15.9. The van der Waals surface area contributed by atoms with Crippen molar-refractivity contribution in [2.75, 3.05) is 30.0 Å². The molecule has 1 saturated carbocycles. The molecule has 0 spiro atoms. The molecule has 8 heteroatoms. The summed E-state index contributed by atoms with van der Waals surface area (Å²) >= 11 is 6.25. The number of urea groups is 1. The first-order valence-electron chi connectivity index (χ1n) is 9.15. The molecule has 1 aromatic heterocycles. The van der Waals surface area contributed by atoms with E-state index in [-0.39, 0.29) is 12.1 Å². The van der Waals surface area contributed by atoms with Gasteiger partial charge in [-0.25, -0.2) is 14.8 Å². The number of halogens is 1. The SMILES string of the molecule is CC1COCCN1c1nc(Cl)cc(-c2ccc(NC(=O)NC3CC3)cc2)n1. The molecule has 1 aliphatic heterocycles. The van der Waals surface area contributed by atoms with Crippen LogP contribution in [0.2, 0.25) is 5.15 Å². The van der Waals surface area contributed by atoms with Crippen LogP contribution in [0.15, 0.2) is 30.3 Å². The standard InChI is InChI=1S/C19H22ClN5O2/c1-12-11-27-9-8-25(12)18-23-16(10-17(20)24-18)13-2-4-14(5-3-13)21-19(26)22-15-6-7-15/h2-5,10,12,15H,6-9,11H2,1H3,(H2,21,22,26). The van der Waals surface area contributed by atoms with E-state index in [9.17, 15) is 4.79 Å². The van der Waals surface area contributed by atoms with E-state index < -0.39 is 0 Å². The maximum atomic E-state index is 11.8. The molecule has 2 N–H and O–H groups in total. The number of nitrogens with zero attached hydrogens (tertiary/aromatic N) is 3. The number of carbonyl (C=O) groups is 1. The van der Waals surface area contributed by atoms with Crippen molar-refractivity contribution < 1.29 is 9.53 Å². The molecule has 142 valence electrons. The number of benzene rings is 1. The highest BCUT2D eigenvalue weighted by Crippen LogP contribution is 2.26. The third-order valence-corrected chi connectivity index (χ3v) is 4.85. The van der Waals surface area contributed by atoms with Crippen molar-refractivity contribution in [3.63, 3.8) is 0 Å². The minimum absolute atomic E-state index is 0.168. The molecule has 2 aliphatic rings. The summed E-state index contributed by atoms with van der Waals surface area (Å²) in [5, 5.41) is 6.14. The van der Waals surface area contributed by atoms with E-state index in [2.05, 4.69) is 27.4 Å². The van der Waals surface area contributed by atoms with E-state index in [4.69, 9.17) is 21.3 Å². The van der Waals surface area contributed by atoms with Crippen LogP contribution >= 0.6 is 11.6 Å². The highest BCUT2D eigenvalue weighted by atomic mass is 35.5. The van der Waals surface area contributed by atoms with Gasteiger partial charge in [-0.2, -0.15) is 0 Å². The predicted molar refractivity (Wildman–Crippen MR) is 105 cm³/mol. The predicted octanol–water partition coefficient (Wildman–Crippen LogP) is 3.31. The molecule has 7 nitrogen and oxygen atoms in total. The molecular weight excluding hydrogens is 366 g/mol. The number of morpholine rings is 1. The summed E-state index contributed by atoms with van der Waals surface area (Å²) in [4.78, 5) is 23.0. The second-order valence-electron chi connectivity index (χ2n) is 6.94. The second-order valence-corrected chi connectivity index (χ2v) is 7.33. The number of aromatic nitrogens is 2. The van der Waals surface area contributed by atoms with Gasteiger partial charge < -0.3 is 20.3 Å². The summed E-state index contributed by atoms with van der Waals surface area (Å²) in [5.41, 5.74) is 2.39. The number of rotatable bonds is 4. The lowest BCUT2D eigenvalue weighted by Crippen LogP contribution is -2.44. The number of hydrogen-bond acceptors (Lipinski definition) is 5. The molecule has 1 unspecified atom stereocenters. The lowest BCUT2D eigenvalue weighted by atomic mass is 10.1. The van der Waals surface area contributed by atoms with E-state index in [0.29, 0.717) is 30.4 Å². The van der Waals surface area contributed by atoms with Crippen LogP contribution in [0.3, 0.4) is 0 Å². The van der Waals surface area contributed by atoms with Gasteiger partial charge in [0.2, 0.25) is 5.95 Å². The molecule has 27 heavy (non-hydrogen) atoms. The quantitative estimate of drug-likeness (QED) is 0.787. The van der Waals surface area contributed by atoms with Crippen LogP contribution in [0.1, 0.15) is 19.8 Å². The van der Waals surface area contributed by atoms with Gasteiger partial charge in [0.05, 0.1) is 24.9 Å². The first-order chi connectivity index (χ1) is 13.1.